The molecular weight excluding hydrogens is 240 g/mol. The number of carbonyl (C=O) groups excluding carboxylic acids is 1. The number of aromatic nitrogens is 3. The molecule has 3 N–H and O–H groups in total. The van der Waals surface area contributed by atoms with Gasteiger partial charge in [0, 0.05) is 32.4 Å². The molecule has 2 heterocycles. The molecule has 0 atom stereocenters. The van der Waals surface area contributed by atoms with Crippen molar-refractivity contribution in [2.45, 2.75) is 11.7 Å². The van der Waals surface area contributed by atoms with Gasteiger partial charge in [-0.15, -0.1) is 10.2 Å². The second kappa shape index (κ2) is 5.37. The van der Waals surface area contributed by atoms with E-state index in [0.29, 0.717) is 6.54 Å². The molecule has 1 aromatic rings. The molecule has 0 unspecified atom stereocenters. The van der Waals surface area contributed by atoms with Crippen molar-refractivity contribution >= 4 is 17.8 Å². The lowest BCUT2D eigenvalue weighted by Gasteiger charge is -2.12. The average molecular weight is 256 g/mol. The highest BCUT2D eigenvalue weighted by Gasteiger charge is 2.18. The van der Waals surface area contributed by atoms with Crippen molar-refractivity contribution in [2.24, 2.45) is 12.8 Å². The highest BCUT2D eigenvalue weighted by atomic mass is 32.2. The van der Waals surface area contributed by atoms with Crippen molar-refractivity contribution in [1.82, 2.24) is 25.0 Å². The first kappa shape index (κ1) is 12.2. The van der Waals surface area contributed by atoms with Gasteiger partial charge in [0.25, 0.3) is 0 Å². The summed E-state index contributed by atoms with van der Waals surface area (Å²) in [5, 5.41) is 11.6. The maximum Gasteiger partial charge on any atom is 0.317 e. The minimum Gasteiger partial charge on any atom is -0.336 e. The summed E-state index contributed by atoms with van der Waals surface area (Å²) in [6, 6.07) is 0.0196. The van der Waals surface area contributed by atoms with Gasteiger partial charge in [-0.1, -0.05) is 11.8 Å². The summed E-state index contributed by atoms with van der Waals surface area (Å²) in [4.78, 5) is 13.1. The Morgan fingerprint density at radius 2 is 2.35 bits per heavy atom. The number of nitrogens with zero attached hydrogens (tertiary/aromatic N) is 4. The number of hydrogen-bond acceptors (Lipinski definition) is 5. The first-order valence-corrected chi connectivity index (χ1v) is 6.45. The second-order valence-electron chi connectivity index (χ2n) is 3.73. The maximum atomic E-state index is 11.3. The van der Waals surface area contributed by atoms with Crippen molar-refractivity contribution in [1.29, 1.82) is 0 Å². The predicted molar refractivity (Wildman–Crippen MR) is 64.6 cm³/mol. The number of nitrogens with one attached hydrogen (secondary N) is 1. The molecule has 7 nitrogen and oxygen atoms in total. The standard InChI is InChI=1S/C9H16N6OS/c1-14-7(6-10)12-13-9(14)17-5-4-15-3-2-11-8(15)16/h2-6,10H2,1H3,(H,11,16). The molecule has 17 heavy (non-hydrogen) atoms. The van der Waals surface area contributed by atoms with Gasteiger partial charge < -0.3 is 20.5 Å². The fraction of sp³-hybridized carbons (Fsp3) is 0.667. The third kappa shape index (κ3) is 2.70. The van der Waals surface area contributed by atoms with E-state index in [0.717, 1.165) is 36.4 Å². The first-order chi connectivity index (χ1) is 8.22. The lowest BCUT2D eigenvalue weighted by molar-refractivity contribution is 0.220. The molecule has 0 bridgehead atoms. The molecule has 8 heteroatoms. The SMILES string of the molecule is Cn1c(CN)nnc1SCCN1CCNC1=O. The Hall–Kier alpha value is -1.28. The van der Waals surface area contributed by atoms with E-state index in [1.54, 1.807) is 16.7 Å². The molecule has 0 radical (unpaired) electrons. The van der Waals surface area contributed by atoms with E-state index >= 15 is 0 Å². The molecule has 1 aliphatic rings. The summed E-state index contributed by atoms with van der Waals surface area (Å²) in [5.74, 6) is 1.58. The van der Waals surface area contributed by atoms with E-state index < -0.39 is 0 Å². The van der Waals surface area contributed by atoms with Gasteiger partial charge in [-0.05, 0) is 0 Å². The monoisotopic (exact) mass is 256 g/mol. The molecule has 1 aromatic heterocycles. The number of urea groups is 1. The van der Waals surface area contributed by atoms with Crippen molar-refractivity contribution < 1.29 is 4.79 Å². The molecule has 0 saturated carbocycles. The van der Waals surface area contributed by atoms with Crippen LogP contribution in [0.1, 0.15) is 5.82 Å². The van der Waals surface area contributed by atoms with Crippen LogP contribution in [-0.4, -0.2) is 51.1 Å². The smallest absolute Gasteiger partial charge is 0.317 e. The predicted octanol–water partition coefficient (Wildman–Crippen LogP) is -0.609. The van der Waals surface area contributed by atoms with E-state index in [1.165, 1.54) is 0 Å². The lowest BCUT2D eigenvalue weighted by atomic mass is 10.6. The zero-order valence-corrected chi connectivity index (χ0v) is 10.5. The van der Waals surface area contributed by atoms with Crippen LogP contribution in [0.15, 0.2) is 5.16 Å². The van der Waals surface area contributed by atoms with E-state index in [-0.39, 0.29) is 6.03 Å². The quantitative estimate of drug-likeness (QED) is 0.686. The number of nitrogens with two attached hydrogens (primary N) is 1. The fourth-order valence-electron chi connectivity index (χ4n) is 1.62. The molecule has 2 rings (SSSR count). The Labute approximate surface area is 104 Å². The highest BCUT2D eigenvalue weighted by molar-refractivity contribution is 7.99. The summed E-state index contributed by atoms with van der Waals surface area (Å²) < 4.78 is 1.88. The molecule has 1 saturated heterocycles. The topological polar surface area (TPSA) is 89.1 Å². The van der Waals surface area contributed by atoms with Gasteiger partial charge >= 0.3 is 6.03 Å². The summed E-state index contributed by atoms with van der Waals surface area (Å²) in [5.41, 5.74) is 5.52. The van der Waals surface area contributed by atoms with Crippen LogP contribution in [0.5, 0.6) is 0 Å². The van der Waals surface area contributed by atoms with E-state index in [9.17, 15) is 4.79 Å². The van der Waals surface area contributed by atoms with Crippen molar-refractivity contribution in [3.05, 3.63) is 5.82 Å². The van der Waals surface area contributed by atoms with Crippen LogP contribution in [-0.2, 0) is 13.6 Å². The van der Waals surface area contributed by atoms with Gasteiger partial charge in [-0.2, -0.15) is 0 Å². The fourth-order valence-corrected chi connectivity index (χ4v) is 2.51. The third-order valence-electron chi connectivity index (χ3n) is 2.65. The van der Waals surface area contributed by atoms with Gasteiger partial charge in [0.2, 0.25) is 0 Å². The Morgan fingerprint density at radius 3 is 2.94 bits per heavy atom. The zero-order valence-electron chi connectivity index (χ0n) is 9.72. The largest absolute Gasteiger partial charge is 0.336 e. The van der Waals surface area contributed by atoms with E-state index in [2.05, 4.69) is 15.5 Å². The summed E-state index contributed by atoms with van der Waals surface area (Å²) >= 11 is 1.58. The maximum absolute atomic E-state index is 11.3. The van der Waals surface area contributed by atoms with Crippen LogP contribution in [0.4, 0.5) is 4.79 Å². The Morgan fingerprint density at radius 1 is 1.53 bits per heavy atom. The Kier molecular flexibility index (Phi) is 3.85. The molecule has 0 spiro atoms. The normalized spacial score (nSPS) is 15.4. The zero-order chi connectivity index (χ0) is 12.3. The second-order valence-corrected chi connectivity index (χ2v) is 4.79. The third-order valence-corrected chi connectivity index (χ3v) is 3.65. The van der Waals surface area contributed by atoms with Crippen LogP contribution >= 0.6 is 11.8 Å². The summed E-state index contributed by atoms with van der Waals surface area (Å²) in [6.07, 6.45) is 0. The first-order valence-electron chi connectivity index (χ1n) is 5.46. The lowest BCUT2D eigenvalue weighted by Crippen LogP contribution is -2.30. The Bertz CT molecular complexity index is 406. The molecule has 1 fully saturated rings. The summed E-state index contributed by atoms with van der Waals surface area (Å²) in [7, 11) is 1.90. The molecule has 2 amide bonds. The highest BCUT2D eigenvalue weighted by Crippen LogP contribution is 2.15. The molecule has 0 aromatic carbocycles. The van der Waals surface area contributed by atoms with Gasteiger partial charge in [0.05, 0.1) is 6.54 Å². The van der Waals surface area contributed by atoms with Gasteiger partial charge in [-0.3, -0.25) is 0 Å². The van der Waals surface area contributed by atoms with Crippen molar-refractivity contribution in [3.8, 4) is 0 Å². The van der Waals surface area contributed by atoms with Gasteiger partial charge in [-0.25, -0.2) is 4.79 Å². The van der Waals surface area contributed by atoms with Gasteiger partial charge in [0.15, 0.2) is 5.16 Å². The van der Waals surface area contributed by atoms with Crippen molar-refractivity contribution in [3.63, 3.8) is 0 Å². The summed E-state index contributed by atoms with van der Waals surface area (Å²) in [6.45, 7) is 2.64. The van der Waals surface area contributed by atoms with E-state index in [4.69, 9.17) is 5.73 Å². The molecule has 0 aliphatic carbocycles. The number of hydrogen-bond donors (Lipinski definition) is 2. The van der Waals surface area contributed by atoms with Crippen LogP contribution < -0.4 is 11.1 Å². The van der Waals surface area contributed by atoms with Crippen LogP contribution in [0.25, 0.3) is 0 Å². The van der Waals surface area contributed by atoms with Gasteiger partial charge in [0.1, 0.15) is 5.82 Å². The van der Waals surface area contributed by atoms with Crippen LogP contribution in [0, 0.1) is 0 Å². The number of thioether (sulfide) groups is 1. The average Bonchev–Trinajstić information content (AvgIpc) is 2.87. The number of rotatable bonds is 5. The minimum atomic E-state index is 0.0196. The van der Waals surface area contributed by atoms with Crippen molar-refractivity contribution in [2.75, 3.05) is 25.4 Å². The van der Waals surface area contributed by atoms with Crippen LogP contribution in [0.2, 0.25) is 0 Å². The molecule has 94 valence electrons. The Balaban J connectivity index is 1.81. The molecule has 1 aliphatic heterocycles. The number of carbonyl (C=O) groups is 1. The van der Waals surface area contributed by atoms with E-state index in [1.807, 2.05) is 11.6 Å². The number of amides is 2. The molecular formula is C9H16N6OS. The van der Waals surface area contributed by atoms with Crippen LogP contribution in [0.3, 0.4) is 0 Å². The minimum absolute atomic E-state index is 0.0196.